The molecule has 2 heterocycles. The van der Waals surface area contributed by atoms with Gasteiger partial charge in [-0.1, -0.05) is 35.9 Å². The molecule has 2 aromatic heterocycles. The lowest BCUT2D eigenvalue weighted by Crippen LogP contribution is -2.35. The summed E-state index contributed by atoms with van der Waals surface area (Å²) in [7, 11) is 0. The summed E-state index contributed by atoms with van der Waals surface area (Å²) in [5.74, 6) is -0.137. The Balaban J connectivity index is 1.80. The Morgan fingerprint density at radius 1 is 1.25 bits per heavy atom. The van der Waals surface area contributed by atoms with Gasteiger partial charge in [0.2, 0.25) is 0 Å². The number of benzene rings is 1. The van der Waals surface area contributed by atoms with E-state index in [1.807, 2.05) is 62.5 Å². The van der Waals surface area contributed by atoms with Crippen LogP contribution in [-0.2, 0) is 0 Å². The van der Waals surface area contributed by atoms with Crippen molar-refractivity contribution in [2.24, 2.45) is 0 Å². The first-order valence-electron chi connectivity index (χ1n) is 8.06. The number of aromatic nitrogens is 2. The predicted molar refractivity (Wildman–Crippen MR) is 92.9 cm³/mol. The molecule has 0 fully saturated rings. The lowest BCUT2D eigenvalue weighted by atomic mass is 10.1. The molecule has 1 unspecified atom stereocenters. The zero-order valence-corrected chi connectivity index (χ0v) is 13.9. The molecule has 1 N–H and O–H groups in total. The molecule has 1 atom stereocenters. The van der Waals surface area contributed by atoms with Crippen LogP contribution in [0.1, 0.15) is 34.6 Å². The molecule has 0 radical (unpaired) electrons. The summed E-state index contributed by atoms with van der Waals surface area (Å²) in [6, 6.07) is 13.3. The van der Waals surface area contributed by atoms with E-state index in [2.05, 4.69) is 4.98 Å². The SMILES string of the molecule is CCN(CC(O)c1ccc(C)cc1)C(=O)c1cnc2ccccn12. The van der Waals surface area contributed by atoms with E-state index >= 15 is 0 Å². The molecule has 0 aliphatic rings. The standard InChI is InChI=1S/C19H21N3O2/c1-3-21(13-17(23)15-9-7-14(2)8-10-15)19(24)16-12-20-18-6-4-5-11-22(16)18/h4-12,17,23H,3,13H2,1-2H3. The van der Waals surface area contributed by atoms with Crippen LogP contribution < -0.4 is 0 Å². The van der Waals surface area contributed by atoms with Gasteiger partial charge in [-0.3, -0.25) is 9.20 Å². The Morgan fingerprint density at radius 3 is 2.71 bits per heavy atom. The van der Waals surface area contributed by atoms with Crippen LogP contribution >= 0.6 is 0 Å². The summed E-state index contributed by atoms with van der Waals surface area (Å²) in [6.45, 7) is 4.67. The number of fused-ring (bicyclic) bond motifs is 1. The lowest BCUT2D eigenvalue weighted by molar-refractivity contribution is 0.0628. The van der Waals surface area contributed by atoms with Crippen LogP contribution in [0.3, 0.4) is 0 Å². The molecule has 0 spiro atoms. The highest BCUT2D eigenvalue weighted by atomic mass is 16.3. The van der Waals surface area contributed by atoms with Gasteiger partial charge in [0.15, 0.2) is 0 Å². The van der Waals surface area contributed by atoms with Gasteiger partial charge >= 0.3 is 0 Å². The van der Waals surface area contributed by atoms with Gasteiger partial charge in [-0.2, -0.15) is 0 Å². The second kappa shape index (κ2) is 6.84. The summed E-state index contributed by atoms with van der Waals surface area (Å²) < 4.78 is 1.77. The Bertz CT molecular complexity index is 839. The molecule has 0 aliphatic carbocycles. The van der Waals surface area contributed by atoms with Crippen LogP contribution in [0.25, 0.3) is 5.65 Å². The summed E-state index contributed by atoms with van der Waals surface area (Å²) in [5.41, 5.74) is 3.18. The molecule has 1 amide bonds. The van der Waals surface area contributed by atoms with Gasteiger partial charge in [-0.25, -0.2) is 4.98 Å². The second-order valence-corrected chi connectivity index (χ2v) is 5.84. The van der Waals surface area contributed by atoms with Crippen LogP contribution in [0, 0.1) is 6.92 Å². The fourth-order valence-electron chi connectivity index (χ4n) is 2.71. The number of aliphatic hydroxyl groups excluding tert-OH is 1. The van der Waals surface area contributed by atoms with Crippen molar-refractivity contribution in [3.05, 3.63) is 71.7 Å². The molecule has 24 heavy (non-hydrogen) atoms. The molecule has 0 saturated carbocycles. The minimum Gasteiger partial charge on any atom is -0.387 e. The highest BCUT2D eigenvalue weighted by molar-refractivity contribution is 5.93. The van der Waals surface area contributed by atoms with E-state index in [4.69, 9.17) is 0 Å². The van der Waals surface area contributed by atoms with E-state index in [-0.39, 0.29) is 12.5 Å². The van der Waals surface area contributed by atoms with Crippen LogP contribution in [0.5, 0.6) is 0 Å². The van der Waals surface area contributed by atoms with Crippen molar-refractivity contribution in [3.63, 3.8) is 0 Å². The number of aryl methyl sites for hydroxylation is 1. The molecule has 1 aromatic carbocycles. The van der Waals surface area contributed by atoms with Crippen molar-refractivity contribution in [1.29, 1.82) is 0 Å². The van der Waals surface area contributed by atoms with Crippen molar-refractivity contribution in [2.75, 3.05) is 13.1 Å². The number of pyridine rings is 1. The highest BCUT2D eigenvalue weighted by Gasteiger charge is 2.21. The Labute approximate surface area is 141 Å². The maximum atomic E-state index is 12.8. The van der Waals surface area contributed by atoms with Gasteiger partial charge < -0.3 is 10.0 Å². The fraction of sp³-hybridized carbons (Fsp3) is 0.263. The number of carbonyl (C=O) groups is 1. The smallest absolute Gasteiger partial charge is 0.272 e. The normalized spacial score (nSPS) is 12.3. The van der Waals surface area contributed by atoms with Crippen LogP contribution in [0.15, 0.2) is 54.9 Å². The number of carbonyl (C=O) groups excluding carboxylic acids is 1. The van der Waals surface area contributed by atoms with Gasteiger partial charge in [0.25, 0.3) is 5.91 Å². The second-order valence-electron chi connectivity index (χ2n) is 5.84. The molecular formula is C19H21N3O2. The summed E-state index contributed by atoms with van der Waals surface area (Å²) >= 11 is 0. The third kappa shape index (κ3) is 3.16. The molecule has 5 nitrogen and oxygen atoms in total. The number of amides is 1. The minimum atomic E-state index is -0.714. The Hall–Kier alpha value is -2.66. The average molecular weight is 323 g/mol. The fourth-order valence-corrected chi connectivity index (χ4v) is 2.71. The number of hydrogen-bond acceptors (Lipinski definition) is 3. The first kappa shape index (κ1) is 16.2. The highest BCUT2D eigenvalue weighted by Crippen LogP contribution is 2.17. The van der Waals surface area contributed by atoms with E-state index in [9.17, 15) is 9.90 Å². The first-order valence-corrected chi connectivity index (χ1v) is 8.06. The number of aliphatic hydroxyl groups is 1. The molecule has 3 rings (SSSR count). The minimum absolute atomic E-state index is 0.137. The zero-order valence-electron chi connectivity index (χ0n) is 13.9. The number of imidazole rings is 1. The Morgan fingerprint density at radius 2 is 2.00 bits per heavy atom. The van der Waals surface area contributed by atoms with Crippen molar-refractivity contribution < 1.29 is 9.90 Å². The quantitative estimate of drug-likeness (QED) is 0.785. The summed E-state index contributed by atoms with van der Waals surface area (Å²) in [6.07, 6.45) is 2.69. The molecule has 0 bridgehead atoms. The van der Waals surface area contributed by atoms with Crippen LogP contribution in [-0.4, -0.2) is 38.4 Å². The number of nitrogens with zero attached hydrogens (tertiary/aromatic N) is 3. The average Bonchev–Trinajstić information content (AvgIpc) is 3.03. The summed E-state index contributed by atoms with van der Waals surface area (Å²) in [4.78, 5) is 18.7. The van der Waals surface area contributed by atoms with Crippen molar-refractivity contribution in [2.45, 2.75) is 20.0 Å². The van der Waals surface area contributed by atoms with Crippen LogP contribution in [0.2, 0.25) is 0 Å². The van der Waals surface area contributed by atoms with Gasteiger partial charge in [-0.05, 0) is 31.5 Å². The first-order chi connectivity index (χ1) is 11.6. The molecule has 3 aromatic rings. The molecule has 0 aliphatic heterocycles. The number of likely N-dealkylation sites (N-methyl/N-ethyl adjacent to an activating group) is 1. The van der Waals surface area contributed by atoms with Gasteiger partial charge in [-0.15, -0.1) is 0 Å². The monoisotopic (exact) mass is 323 g/mol. The topological polar surface area (TPSA) is 57.8 Å². The lowest BCUT2D eigenvalue weighted by Gasteiger charge is -2.24. The predicted octanol–water partition coefficient (Wildman–Crippen LogP) is 2.84. The van der Waals surface area contributed by atoms with Crippen molar-refractivity contribution in [1.82, 2.24) is 14.3 Å². The summed E-state index contributed by atoms with van der Waals surface area (Å²) in [5, 5.41) is 10.5. The molecule has 124 valence electrons. The van der Waals surface area contributed by atoms with Gasteiger partial charge in [0.1, 0.15) is 11.3 Å². The largest absolute Gasteiger partial charge is 0.387 e. The maximum absolute atomic E-state index is 12.8. The third-order valence-electron chi connectivity index (χ3n) is 4.16. The zero-order chi connectivity index (χ0) is 17.1. The number of rotatable bonds is 5. The number of hydrogen-bond donors (Lipinski definition) is 1. The van der Waals surface area contributed by atoms with Crippen molar-refractivity contribution in [3.8, 4) is 0 Å². The Kier molecular flexibility index (Phi) is 4.62. The van der Waals surface area contributed by atoms with E-state index in [0.717, 1.165) is 16.8 Å². The molecule has 5 heteroatoms. The maximum Gasteiger partial charge on any atom is 0.272 e. The van der Waals surface area contributed by atoms with E-state index in [0.29, 0.717) is 12.2 Å². The van der Waals surface area contributed by atoms with Gasteiger partial charge in [0.05, 0.1) is 18.8 Å². The van der Waals surface area contributed by atoms with Crippen molar-refractivity contribution >= 4 is 11.6 Å². The molecular weight excluding hydrogens is 302 g/mol. The van der Waals surface area contributed by atoms with E-state index in [1.54, 1.807) is 15.5 Å². The third-order valence-corrected chi connectivity index (χ3v) is 4.16. The molecule has 0 saturated heterocycles. The van der Waals surface area contributed by atoms with Gasteiger partial charge in [0, 0.05) is 12.7 Å². The van der Waals surface area contributed by atoms with E-state index in [1.165, 1.54) is 0 Å². The van der Waals surface area contributed by atoms with E-state index < -0.39 is 6.10 Å². The van der Waals surface area contributed by atoms with Crippen LogP contribution in [0.4, 0.5) is 0 Å².